The maximum absolute atomic E-state index is 6.31. The molecule has 3 aromatic rings. The van der Waals surface area contributed by atoms with E-state index in [1.165, 1.54) is 5.56 Å². The van der Waals surface area contributed by atoms with E-state index >= 15 is 0 Å². The van der Waals surface area contributed by atoms with Crippen molar-refractivity contribution >= 4 is 22.3 Å². The average molecular weight is 277 g/mol. The highest BCUT2D eigenvalue weighted by Crippen LogP contribution is 2.29. The predicted octanol–water partition coefficient (Wildman–Crippen LogP) is 3.50. The van der Waals surface area contributed by atoms with Crippen LogP contribution in [0.5, 0.6) is 0 Å². The van der Waals surface area contributed by atoms with Crippen LogP contribution in [0.2, 0.25) is 0 Å². The number of rotatable bonds is 4. The molecule has 0 radical (unpaired) electrons. The van der Waals surface area contributed by atoms with Gasteiger partial charge in [-0.2, -0.15) is 0 Å². The van der Waals surface area contributed by atoms with Gasteiger partial charge >= 0.3 is 0 Å². The zero-order valence-electron chi connectivity index (χ0n) is 12.2. The van der Waals surface area contributed by atoms with Gasteiger partial charge in [-0.3, -0.25) is 4.98 Å². The highest BCUT2D eigenvalue weighted by molar-refractivity contribution is 5.97. The zero-order chi connectivity index (χ0) is 14.7. The van der Waals surface area contributed by atoms with Crippen LogP contribution in [0, 0.1) is 0 Å². The summed E-state index contributed by atoms with van der Waals surface area (Å²) in [7, 11) is 2.08. The first kappa shape index (κ1) is 13.4. The van der Waals surface area contributed by atoms with E-state index in [1.54, 1.807) is 6.20 Å². The number of likely N-dealkylation sites (N-methyl/N-ethyl adjacent to an activating group) is 1. The molecule has 0 saturated carbocycles. The lowest BCUT2D eigenvalue weighted by Gasteiger charge is -2.22. The van der Waals surface area contributed by atoms with Crippen molar-refractivity contribution in [3.8, 4) is 0 Å². The molecule has 3 heteroatoms. The Bertz CT molecular complexity index is 738. The van der Waals surface area contributed by atoms with Gasteiger partial charge in [-0.25, -0.2) is 0 Å². The summed E-state index contributed by atoms with van der Waals surface area (Å²) in [5, 5.41) is 1.02. The highest BCUT2D eigenvalue weighted by Gasteiger charge is 2.09. The number of nitrogens with two attached hydrogens (primary N) is 1. The molecule has 0 atom stereocenters. The molecule has 0 amide bonds. The molecule has 2 N–H and O–H groups in total. The van der Waals surface area contributed by atoms with Crippen molar-refractivity contribution in [2.24, 2.45) is 0 Å². The maximum Gasteiger partial charge on any atom is 0.0724 e. The quantitative estimate of drug-likeness (QED) is 0.742. The van der Waals surface area contributed by atoms with Crippen molar-refractivity contribution in [2.45, 2.75) is 6.42 Å². The third-order valence-corrected chi connectivity index (χ3v) is 3.79. The number of fused-ring (bicyclic) bond motifs is 1. The van der Waals surface area contributed by atoms with Crippen molar-refractivity contribution in [1.29, 1.82) is 0 Å². The lowest BCUT2D eigenvalue weighted by Crippen LogP contribution is -2.21. The van der Waals surface area contributed by atoms with Crippen molar-refractivity contribution in [2.75, 3.05) is 24.2 Å². The molecule has 1 aromatic heterocycles. The van der Waals surface area contributed by atoms with E-state index in [-0.39, 0.29) is 0 Å². The van der Waals surface area contributed by atoms with E-state index in [1.807, 2.05) is 24.3 Å². The molecule has 0 saturated heterocycles. The number of anilines is 2. The van der Waals surface area contributed by atoms with Crippen LogP contribution in [-0.2, 0) is 6.42 Å². The number of aromatic nitrogens is 1. The Morgan fingerprint density at radius 1 is 1.00 bits per heavy atom. The Hall–Kier alpha value is -2.55. The molecule has 0 aliphatic heterocycles. The maximum atomic E-state index is 6.31. The lowest BCUT2D eigenvalue weighted by molar-refractivity contribution is 0.878. The lowest BCUT2D eigenvalue weighted by atomic mass is 10.1. The first-order chi connectivity index (χ1) is 10.3. The Morgan fingerprint density at radius 3 is 2.62 bits per heavy atom. The molecule has 0 spiro atoms. The number of nitrogens with zero attached hydrogens (tertiary/aromatic N) is 2. The molecule has 21 heavy (non-hydrogen) atoms. The number of benzene rings is 2. The summed E-state index contributed by atoms with van der Waals surface area (Å²) in [6.07, 6.45) is 2.79. The standard InChI is InChI=1S/C18H19N3/c1-21(13-11-14-6-3-2-4-7-14)17-10-9-16-15(18(17)19)8-5-12-20-16/h2-10,12H,11,13,19H2,1H3. The molecule has 0 aliphatic rings. The van der Waals surface area contributed by atoms with Crippen LogP contribution < -0.4 is 10.6 Å². The van der Waals surface area contributed by atoms with Crippen LogP contribution in [0.25, 0.3) is 10.9 Å². The fourth-order valence-corrected chi connectivity index (χ4v) is 2.56. The second-order valence-corrected chi connectivity index (χ2v) is 5.23. The molecular formula is C18H19N3. The van der Waals surface area contributed by atoms with Crippen molar-refractivity contribution in [3.63, 3.8) is 0 Å². The summed E-state index contributed by atoms with van der Waals surface area (Å²) in [5.74, 6) is 0. The summed E-state index contributed by atoms with van der Waals surface area (Å²) >= 11 is 0. The van der Waals surface area contributed by atoms with Crippen molar-refractivity contribution < 1.29 is 0 Å². The fraction of sp³-hybridized carbons (Fsp3) is 0.167. The third kappa shape index (κ3) is 2.82. The fourth-order valence-electron chi connectivity index (χ4n) is 2.56. The summed E-state index contributed by atoms with van der Waals surface area (Å²) in [6, 6.07) is 18.5. The van der Waals surface area contributed by atoms with E-state index < -0.39 is 0 Å². The minimum absolute atomic E-state index is 0.802. The topological polar surface area (TPSA) is 42.2 Å². The first-order valence-electron chi connectivity index (χ1n) is 7.14. The van der Waals surface area contributed by atoms with Crippen LogP contribution in [0.15, 0.2) is 60.8 Å². The molecule has 3 rings (SSSR count). The minimum atomic E-state index is 0.802. The van der Waals surface area contributed by atoms with Crippen LogP contribution in [0.1, 0.15) is 5.56 Å². The molecular weight excluding hydrogens is 258 g/mol. The van der Waals surface area contributed by atoms with Gasteiger partial charge in [0.1, 0.15) is 0 Å². The second kappa shape index (κ2) is 5.83. The average Bonchev–Trinajstić information content (AvgIpc) is 2.54. The van der Waals surface area contributed by atoms with E-state index in [2.05, 4.69) is 47.3 Å². The van der Waals surface area contributed by atoms with Crippen LogP contribution in [0.4, 0.5) is 11.4 Å². The molecule has 3 nitrogen and oxygen atoms in total. The minimum Gasteiger partial charge on any atom is -0.396 e. The van der Waals surface area contributed by atoms with Gasteiger partial charge in [-0.05, 0) is 36.2 Å². The Labute approximate surface area is 125 Å². The van der Waals surface area contributed by atoms with Gasteiger partial charge in [0, 0.05) is 25.2 Å². The predicted molar refractivity (Wildman–Crippen MR) is 89.6 cm³/mol. The second-order valence-electron chi connectivity index (χ2n) is 5.23. The summed E-state index contributed by atoms with van der Waals surface area (Å²) < 4.78 is 0. The highest BCUT2D eigenvalue weighted by atomic mass is 15.1. The number of hydrogen-bond donors (Lipinski definition) is 1. The Morgan fingerprint density at radius 2 is 1.81 bits per heavy atom. The zero-order valence-corrected chi connectivity index (χ0v) is 12.2. The van der Waals surface area contributed by atoms with Gasteiger partial charge in [-0.15, -0.1) is 0 Å². The SMILES string of the molecule is CN(CCc1ccccc1)c1ccc2ncccc2c1N. The van der Waals surface area contributed by atoms with E-state index in [0.717, 1.165) is 35.2 Å². The number of hydrogen-bond acceptors (Lipinski definition) is 3. The van der Waals surface area contributed by atoms with Crippen molar-refractivity contribution in [1.82, 2.24) is 4.98 Å². The van der Waals surface area contributed by atoms with Gasteiger partial charge in [0.2, 0.25) is 0 Å². The molecule has 106 valence electrons. The van der Waals surface area contributed by atoms with E-state index in [0.29, 0.717) is 0 Å². The van der Waals surface area contributed by atoms with Crippen LogP contribution in [0.3, 0.4) is 0 Å². The molecule has 0 bridgehead atoms. The van der Waals surface area contributed by atoms with Crippen LogP contribution in [-0.4, -0.2) is 18.6 Å². The number of nitrogen functional groups attached to an aromatic ring is 1. The first-order valence-corrected chi connectivity index (χ1v) is 7.14. The monoisotopic (exact) mass is 277 g/mol. The third-order valence-electron chi connectivity index (χ3n) is 3.79. The largest absolute Gasteiger partial charge is 0.396 e. The Balaban J connectivity index is 1.81. The molecule has 0 fully saturated rings. The smallest absolute Gasteiger partial charge is 0.0724 e. The van der Waals surface area contributed by atoms with Crippen molar-refractivity contribution in [3.05, 3.63) is 66.4 Å². The molecule has 0 aliphatic carbocycles. The van der Waals surface area contributed by atoms with Gasteiger partial charge < -0.3 is 10.6 Å². The van der Waals surface area contributed by atoms with E-state index in [9.17, 15) is 0 Å². The summed E-state index contributed by atoms with van der Waals surface area (Å²) in [6.45, 7) is 0.931. The normalized spacial score (nSPS) is 10.7. The van der Waals surface area contributed by atoms with E-state index in [4.69, 9.17) is 5.73 Å². The Kier molecular flexibility index (Phi) is 3.73. The van der Waals surface area contributed by atoms with Gasteiger partial charge in [0.05, 0.1) is 16.9 Å². The number of pyridine rings is 1. The summed E-state index contributed by atoms with van der Waals surface area (Å²) in [5.41, 5.74) is 10.4. The molecule has 2 aromatic carbocycles. The summed E-state index contributed by atoms with van der Waals surface area (Å²) in [4.78, 5) is 6.54. The van der Waals surface area contributed by atoms with Gasteiger partial charge in [0.25, 0.3) is 0 Å². The molecule has 0 unspecified atom stereocenters. The van der Waals surface area contributed by atoms with Gasteiger partial charge in [-0.1, -0.05) is 30.3 Å². The molecule has 1 heterocycles. The van der Waals surface area contributed by atoms with Gasteiger partial charge in [0.15, 0.2) is 0 Å². The van der Waals surface area contributed by atoms with Crippen LogP contribution >= 0.6 is 0 Å².